The van der Waals surface area contributed by atoms with Crippen LogP contribution in [0.5, 0.6) is 0 Å². The number of benzene rings is 1. The Bertz CT molecular complexity index is 1630. The number of esters is 1. The maximum Gasteiger partial charge on any atom is 0.410 e. The number of nitrogens with zero attached hydrogens (tertiary/aromatic N) is 6. The fraction of sp³-hybridized carbons (Fsp3) is 0.433. The average Bonchev–Trinajstić information content (AvgIpc) is 3.27. The number of halogens is 1. The number of amides is 1. The molecule has 4 heterocycles. The van der Waals surface area contributed by atoms with Crippen LogP contribution in [0.2, 0.25) is 0 Å². The molecular formula is C30H35FN6O4. The third-order valence-electron chi connectivity index (χ3n) is 6.92. The van der Waals surface area contributed by atoms with Crippen molar-refractivity contribution in [1.29, 1.82) is 0 Å². The lowest BCUT2D eigenvalue weighted by Crippen LogP contribution is -2.59. The van der Waals surface area contributed by atoms with Gasteiger partial charge in [0.15, 0.2) is 23.0 Å². The molecule has 0 bridgehead atoms. The van der Waals surface area contributed by atoms with Crippen molar-refractivity contribution in [3.8, 4) is 11.4 Å². The van der Waals surface area contributed by atoms with Gasteiger partial charge in [0.25, 0.3) is 0 Å². The Morgan fingerprint density at radius 1 is 1.05 bits per heavy atom. The third-order valence-corrected chi connectivity index (χ3v) is 6.92. The Morgan fingerprint density at radius 2 is 1.76 bits per heavy atom. The first kappa shape index (κ1) is 28.3. The number of hydrogen-bond donors (Lipinski definition) is 0. The van der Waals surface area contributed by atoms with Gasteiger partial charge < -0.3 is 18.8 Å². The molecule has 2 atom stereocenters. The van der Waals surface area contributed by atoms with Gasteiger partial charge in [-0.15, -0.1) is 0 Å². The van der Waals surface area contributed by atoms with E-state index in [-0.39, 0.29) is 41.9 Å². The van der Waals surface area contributed by atoms with E-state index in [0.29, 0.717) is 35.2 Å². The molecule has 1 aliphatic rings. The molecule has 0 saturated carbocycles. The first-order valence-electron chi connectivity index (χ1n) is 13.7. The summed E-state index contributed by atoms with van der Waals surface area (Å²) < 4.78 is 27.4. The maximum atomic E-state index is 14.9. The molecule has 10 nitrogen and oxygen atoms in total. The minimum atomic E-state index is -0.588. The summed E-state index contributed by atoms with van der Waals surface area (Å²) in [7, 11) is 0. The van der Waals surface area contributed by atoms with Crippen molar-refractivity contribution < 1.29 is 23.5 Å². The molecule has 0 aliphatic carbocycles. The molecule has 4 aromatic rings. The second-order valence-electron chi connectivity index (χ2n) is 11.5. The van der Waals surface area contributed by atoms with Crippen molar-refractivity contribution in [2.75, 3.05) is 24.6 Å². The van der Waals surface area contributed by atoms with Crippen LogP contribution >= 0.6 is 0 Å². The highest BCUT2D eigenvalue weighted by Crippen LogP contribution is 2.30. The molecule has 5 rings (SSSR count). The first-order chi connectivity index (χ1) is 19.3. The van der Waals surface area contributed by atoms with Gasteiger partial charge in [0.05, 0.1) is 29.9 Å². The Hall–Kier alpha value is -4.28. The molecule has 3 aromatic heterocycles. The van der Waals surface area contributed by atoms with E-state index >= 15 is 0 Å². The Morgan fingerprint density at radius 3 is 2.41 bits per heavy atom. The summed E-state index contributed by atoms with van der Waals surface area (Å²) in [6.07, 6.45) is 3.07. The number of rotatable bonds is 4. The van der Waals surface area contributed by atoms with Crippen LogP contribution in [0, 0.1) is 12.7 Å². The van der Waals surface area contributed by atoms with E-state index in [2.05, 4.69) is 19.9 Å². The lowest BCUT2D eigenvalue weighted by atomic mass is 10.1. The van der Waals surface area contributed by atoms with E-state index in [1.54, 1.807) is 35.5 Å². The maximum absolute atomic E-state index is 14.9. The van der Waals surface area contributed by atoms with Gasteiger partial charge in [0.1, 0.15) is 5.60 Å². The predicted octanol–water partition coefficient (Wildman–Crippen LogP) is 5.40. The van der Waals surface area contributed by atoms with Crippen LogP contribution < -0.4 is 4.90 Å². The lowest BCUT2D eigenvalue weighted by molar-refractivity contribution is 0.00563. The van der Waals surface area contributed by atoms with Gasteiger partial charge in [0, 0.05) is 42.1 Å². The summed E-state index contributed by atoms with van der Waals surface area (Å²) in [5.74, 6) is -0.899. The van der Waals surface area contributed by atoms with E-state index in [1.165, 1.54) is 6.07 Å². The van der Waals surface area contributed by atoms with Gasteiger partial charge in [0.2, 0.25) is 0 Å². The summed E-state index contributed by atoms with van der Waals surface area (Å²) in [5, 5.41) is 0.527. The van der Waals surface area contributed by atoms with Crippen molar-refractivity contribution in [3.63, 3.8) is 0 Å². The van der Waals surface area contributed by atoms with E-state index < -0.39 is 17.4 Å². The Kier molecular flexibility index (Phi) is 7.31. The molecule has 216 valence electrons. The lowest BCUT2D eigenvalue weighted by Gasteiger charge is -2.45. The molecule has 0 unspecified atom stereocenters. The monoisotopic (exact) mass is 562 g/mol. The fourth-order valence-electron chi connectivity index (χ4n) is 5.31. The van der Waals surface area contributed by atoms with Crippen LogP contribution in [0.4, 0.5) is 14.9 Å². The van der Waals surface area contributed by atoms with E-state index in [4.69, 9.17) is 9.47 Å². The predicted molar refractivity (Wildman–Crippen MR) is 154 cm³/mol. The third kappa shape index (κ3) is 5.66. The molecule has 0 spiro atoms. The zero-order chi connectivity index (χ0) is 29.6. The number of fused-ring (bicyclic) bond motifs is 2. The molecule has 1 saturated heterocycles. The highest BCUT2D eigenvalue weighted by molar-refractivity contribution is 6.03. The number of aryl methyl sites for hydroxylation is 1. The zero-order valence-electron chi connectivity index (χ0n) is 24.4. The quantitative estimate of drug-likeness (QED) is 0.305. The molecule has 1 aliphatic heterocycles. The standard InChI is InChI=1S/C30H35FN6O4/c1-8-40-28(38)25-22-12-21(35-14-18(3)37(19(4)15-35)29(39)41-30(5,6)7)9-10-24(22)33-26(34-25)20-11-23(31)27-32-17(2)13-36(27)16-20/h9-13,16,18-19H,8,14-15H2,1-7H3/t18-,19+. The summed E-state index contributed by atoms with van der Waals surface area (Å²) >= 11 is 0. The Labute approximate surface area is 238 Å². The SMILES string of the molecule is CCOC(=O)c1nc(-c2cc(F)c3nc(C)cn3c2)nc2ccc(N3C[C@@H](C)N(C(=O)OC(C)(C)C)[C@@H](C)C3)cc12. The van der Waals surface area contributed by atoms with Crippen LogP contribution in [0.1, 0.15) is 57.7 Å². The zero-order valence-corrected chi connectivity index (χ0v) is 24.4. The first-order valence-corrected chi connectivity index (χ1v) is 13.7. The fourth-order valence-corrected chi connectivity index (χ4v) is 5.31. The van der Waals surface area contributed by atoms with Gasteiger partial charge in [-0.3, -0.25) is 4.90 Å². The van der Waals surface area contributed by atoms with E-state index in [0.717, 1.165) is 5.69 Å². The van der Waals surface area contributed by atoms with Crippen molar-refractivity contribution in [3.05, 3.63) is 53.9 Å². The minimum Gasteiger partial charge on any atom is -0.461 e. The smallest absolute Gasteiger partial charge is 0.410 e. The van der Waals surface area contributed by atoms with Crippen molar-refractivity contribution in [2.45, 2.75) is 66.2 Å². The topological polar surface area (TPSA) is 102 Å². The van der Waals surface area contributed by atoms with Crippen LogP contribution in [-0.4, -0.2) is 73.7 Å². The molecule has 11 heteroatoms. The van der Waals surface area contributed by atoms with Crippen LogP contribution in [0.15, 0.2) is 36.7 Å². The number of ether oxygens (including phenoxy) is 2. The second kappa shape index (κ2) is 10.6. The number of carbonyl (C=O) groups is 2. The number of hydrogen-bond acceptors (Lipinski definition) is 8. The van der Waals surface area contributed by atoms with Gasteiger partial charge >= 0.3 is 12.1 Å². The number of imidazole rings is 1. The van der Waals surface area contributed by atoms with E-state index in [9.17, 15) is 14.0 Å². The molecular weight excluding hydrogens is 527 g/mol. The summed E-state index contributed by atoms with van der Waals surface area (Å²) in [5.41, 5.74) is 2.20. The number of pyridine rings is 1. The molecule has 1 aromatic carbocycles. The highest BCUT2D eigenvalue weighted by Gasteiger charge is 2.36. The molecule has 41 heavy (non-hydrogen) atoms. The second-order valence-corrected chi connectivity index (χ2v) is 11.5. The van der Waals surface area contributed by atoms with Crippen molar-refractivity contribution >= 4 is 34.3 Å². The van der Waals surface area contributed by atoms with Gasteiger partial charge in [-0.2, -0.15) is 0 Å². The van der Waals surface area contributed by atoms with E-state index in [1.807, 2.05) is 52.8 Å². The summed E-state index contributed by atoms with van der Waals surface area (Å²) in [6.45, 7) is 14.4. The molecule has 1 amide bonds. The van der Waals surface area contributed by atoms with Crippen LogP contribution in [0.3, 0.4) is 0 Å². The minimum absolute atomic E-state index is 0.101. The molecule has 1 fully saturated rings. The summed E-state index contributed by atoms with van der Waals surface area (Å²) in [6, 6.07) is 6.73. The number of anilines is 1. The van der Waals surface area contributed by atoms with Gasteiger partial charge in [-0.05, 0) is 72.7 Å². The van der Waals surface area contributed by atoms with Crippen LogP contribution in [-0.2, 0) is 9.47 Å². The average molecular weight is 563 g/mol. The normalized spacial score (nSPS) is 17.8. The highest BCUT2D eigenvalue weighted by atomic mass is 19.1. The largest absolute Gasteiger partial charge is 0.461 e. The van der Waals surface area contributed by atoms with Crippen LogP contribution in [0.25, 0.3) is 27.9 Å². The van der Waals surface area contributed by atoms with Crippen molar-refractivity contribution in [1.82, 2.24) is 24.3 Å². The number of carbonyl (C=O) groups excluding carboxylic acids is 2. The van der Waals surface area contributed by atoms with Gasteiger partial charge in [-0.1, -0.05) is 0 Å². The molecule has 0 radical (unpaired) electrons. The van der Waals surface area contributed by atoms with Gasteiger partial charge in [-0.25, -0.2) is 28.9 Å². The number of aromatic nitrogens is 4. The van der Waals surface area contributed by atoms with Crippen molar-refractivity contribution in [2.24, 2.45) is 0 Å². The molecule has 0 N–H and O–H groups in total. The Balaban J connectivity index is 1.52. The number of piperazine rings is 1. The summed E-state index contributed by atoms with van der Waals surface area (Å²) in [4.78, 5) is 43.3.